The third-order valence-corrected chi connectivity index (χ3v) is 2.04. The first-order valence-corrected chi connectivity index (χ1v) is 4.52. The van der Waals surface area contributed by atoms with Gasteiger partial charge in [0, 0.05) is 6.07 Å². The molecule has 0 unspecified atom stereocenters. The molecule has 0 aliphatic carbocycles. The molecule has 0 saturated heterocycles. The molecule has 0 radical (unpaired) electrons. The highest BCUT2D eigenvalue weighted by molar-refractivity contribution is 5.77. The SMILES string of the molecule is CCOc1cc2[nH]n[n+]([O-])c2cc1[N+](=O)[O-]. The summed E-state index contributed by atoms with van der Waals surface area (Å²) < 4.78 is 5.11. The molecule has 0 saturated carbocycles. The second-order valence-electron chi connectivity index (χ2n) is 3.01. The quantitative estimate of drug-likeness (QED) is 0.353. The van der Waals surface area contributed by atoms with Crippen LogP contribution in [0.5, 0.6) is 5.75 Å². The zero-order valence-electron chi connectivity index (χ0n) is 8.34. The largest absolute Gasteiger partial charge is 0.691 e. The summed E-state index contributed by atoms with van der Waals surface area (Å²) in [6.07, 6.45) is 0. The van der Waals surface area contributed by atoms with Gasteiger partial charge in [0.2, 0.25) is 11.3 Å². The second kappa shape index (κ2) is 3.65. The number of ether oxygens (including phenoxy) is 1. The van der Waals surface area contributed by atoms with Crippen LogP contribution < -0.4 is 9.58 Å². The number of aromatic amines is 1. The highest BCUT2D eigenvalue weighted by Gasteiger charge is 2.21. The Labute approximate surface area is 89.2 Å². The predicted octanol–water partition coefficient (Wildman–Crippen LogP) is 0.503. The molecule has 0 amide bonds. The molecule has 8 nitrogen and oxygen atoms in total. The molecular weight excluding hydrogens is 216 g/mol. The Morgan fingerprint density at radius 3 is 3.00 bits per heavy atom. The van der Waals surface area contributed by atoms with Gasteiger partial charge in [0.15, 0.2) is 5.52 Å². The third-order valence-electron chi connectivity index (χ3n) is 2.04. The van der Waals surface area contributed by atoms with Gasteiger partial charge in [0.1, 0.15) is 0 Å². The Kier molecular flexibility index (Phi) is 2.31. The highest BCUT2D eigenvalue weighted by Crippen LogP contribution is 2.29. The second-order valence-corrected chi connectivity index (χ2v) is 3.01. The predicted molar refractivity (Wildman–Crippen MR) is 52.9 cm³/mol. The Morgan fingerprint density at radius 2 is 2.38 bits per heavy atom. The van der Waals surface area contributed by atoms with Gasteiger partial charge in [0.05, 0.1) is 22.8 Å². The van der Waals surface area contributed by atoms with Gasteiger partial charge in [-0.15, -0.1) is 9.94 Å². The number of nitro groups is 1. The molecule has 8 heteroatoms. The minimum Gasteiger partial charge on any atom is -0.691 e. The molecule has 0 atom stereocenters. The van der Waals surface area contributed by atoms with Crippen molar-refractivity contribution in [3.8, 4) is 5.75 Å². The fourth-order valence-electron chi connectivity index (χ4n) is 1.37. The summed E-state index contributed by atoms with van der Waals surface area (Å²) in [5, 5.41) is 27.7. The standard InChI is InChI=1S/C8H8N4O4/c1-2-16-8-3-5-6(11(13)10-9-5)4-7(8)12(14)15/h3-4,9H,2H2,1H3. The van der Waals surface area contributed by atoms with Crippen LogP contribution in [0.3, 0.4) is 0 Å². The summed E-state index contributed by atoms with van der Waals surface area (Å²) >= 11 is 0. The third kappa shape index (κ3) is 1.49. The van der Waals surface area contributed by atoms with Gasteiger partial charge in [0.25, 0.3) is 0 Å². The number of hydrogen-bond acceptors (Lipinski definition) is 5. The molecule has 1 aromatic heterocycles. The maximum Gasteiger partial charge on any atom is 0.315 e. The summed E-state index contributed by atoms with van der Waals surface area (Å²) in [6, 6.07) is 2.52. The van der Waals surface area contributed by atoms with Crippen molar-refractivity contribution in [2.24, 2.45) is 0 Å². The van der Waals surface area contributed by atoms with Crippen molar-refractivity contribution >= 4 is 16.7 Å². The average molecular weight is 224 g/mol. The molecule has 0 aliphatic heterocycles. The van der Waals surface area contributed by atoms with Crippen molar-refractivity contribution in [3.63, 3.8) is 0 Å². The number of benzene rings is 1. The van der Waals surface area contributed by atoms with Crippen molar-refractivity contribution in [1.29, 1.82) is 0 Å². The van der Waals surface area contributed by atoms with E-state index in [1.165, 1.54) is 6.07 Å². The number of nitrogens with one attached hydrogen (secondary N) is 1. The number of hydrogen-bond donors (Lipinski definition) is 1. The molecule has 0 bridgehead atoms. The van der Waals surface area contributed by atoms with Crippen LogP contribution in [-0.2, 0) is 0 Å². The minimum absolute atomic E-state index is 0.107. The van der Waals surface area contributed by atoms with Crippen molar-refractivity contribution in [3.05, 3.63) is 27.5 Å². The minimum atomic E-state index is -0.600. The number of H-pyrrole nitrogens is 1. The summed E-state index contributed by atoms with van der Waals surface area (Å²) in [4.78, 5) is 10.4. The van der Waals surface area contributed by atoms with Crippen molar-refractivity contribution < 1.29 is 14.5 Å². The van der Waals surface area contributed by atoms with E-state index in [2.05, 4.69) is 10.3 Å². The lowest BCUT2D eigenvalue weighted by molar-refractivity contribution is -0.644. The molecule has 1 heterocycles. The first-order valence-electron chi connectivity index (χ1n) is 4.52. The van der Waals surface area contributed by atoms with Crippen LogP contribution in [-0.4, -0.2) is 21.8 Å². The number of aromatic nitrogens is 3. The van der Waals surface area contributed by atoms with Crippen LogP contribution in [0.25, 0.3) is 11.0 Å². The van der Waals surface area contributed by atoms with Crippen molar-refractivity contribution in [2.45, 2.75) is 6.92 Å². The molecule has 2 rings (SSSR count). The van der Waals surface area contributed by atoms with Crippen LogP contribution in [0.2, 0.25) is 0 Å². The molecule has 16 heavy (non-hydrogen) atoms. The van der Waals surface area contributed by atoms with Crippen LogP contribution in [0.15, 0.2) is 12.1 Å². The molecule has 0 spiro atoms. The maximum atomic E-state index is 11.1. The van der Waals surface area contributed by atoms with Gasteiger partial charge in [-0.25, -0.2) is 0 Å². The van der Waals surface area contributed by atoms with Crippen LogP contribution in [0.4, 0.5) is 5.69 Å². The average Bonchev–Trinajstić information content (AvgIpc) is 2.59. The van der Waals surface area contributed by atoms with E-state index in [1.807, 2.05) is 0 Å². The number of fused-ring (bicyclic) bond motifs is 1. The van der Waals surface area contributed by atoms with Crippen molar-refractivity contribution in [2.75, 3.05) is 6.61 Å². The fourth-order valence-corrected chi connectivity index (χ4v) is 1.37. The monoisotopic (exact) mass is 224 g/mol. The zero-order chi connectivity index (χ0) is 11.7. The van der Waals surface area contributed by atoms with Crippen LogP contribution >= 0.6 is 0 Å². The normalized spacial score (nSPS) is 10.6. The summed E-state index contributed by atoms with van der Waals surface area (Å²) in [6.45, 7) is 2.02. The Balaban J connectivity index is 2.67. The molecular formula is C8H8N4O4. The fraction of sp³-hybridized carbons (Fsp3) is 0.250. The molecule has 2 aromatic rings. The van der Waals surface area contributed by atoms with E-state index in [1.54, 1.807) is 6.92 Å². The number of rotatable bonds is 3. The lowest BCUT2D eigenvalue weighted by atomic mass is 10.2. The van der Waals surface area contributed by atoms with E-state index < -0.39 is 4.92 Å². The Hall–Kier alpha value is -2.38. The van der Waals surface area contributed by atoms with E-state index in [0.29, 0.717) is 12.1 Å². The van der Waals surface area contributed by atoms with E-state index in [4.69, 9.17) is 4.74 Å². The smallest absolute Gasteiger partial charge is 0.315 e. The Bertz CT molecular complexity index is 550. The molecule has 84 valence electrons. The maximum absolute atomic E-state index is 11.1. The topological polar surface area (TPSA) is 108 Å². The first kappa shape index (κ1) is 10.1. The van der Waals surface area contributed by atoms with Gasteiger partial charge in [-0.2, -0.15) is 0 Å². The highest BCUT2D eigenvalue weighted by atomic mass is 16.6. The van der Waals surface area contributed by atoms with E-state index in [0.717, 1.165) is 6.07 Å². The Morgan fingerprint density at radius 1 is 1.62 bits per heavy atom. The molecule has 0 fully saturated rings. The number of nitro benzene ring substituents is 1. The van der Waals surface area contributed by atoms with Gasteiger partial charge < -0.3 is 9.94 Å². The zero-order valence-corrected chi connectivity index (χ0v) is 8.34. The van der Waals surface area contributed by atoms with Gasteiger partial charge in [-0.3, -0.25) is 10.1 Å². The summed E-state index contributed by atoms with van der Waals surface area (Å²) in [5.74, 6) is 0.115. The van der Waals surface area contributed by atoms with Crippen molar-refractivity contribution in [1.82, 2.24) is 10.3 Å². The van der Waals surface area contributed by atoms with Crippen LogP contribution in [0.1, 0.15) is 6.92 Å². The van der Waals surface area contributed by atoms with Gasteiger partial charge in [-0.05, 0) is 6.92 Å². The summed E-state index contributed by atoms with van der Waals surface area (Å²) in [5.41, 5.74) is 0.250. The number of nitrogens with zero attached hydrogens (tertiary/aromatic N) is 3. The van der Waals surface area contributed by atoms with E-state index >= 15 is 0 Å². The van der Waals surface area contributed by atoms with Gasteiger partial charge >= 0.3 is 5.69 Å². The van der Waals surface area contributed by atoms with E-state index in [9.17, 15) is 15.3 Å². The molecule has 0 aliphatic rings. The molecule has 1 N–H and O–H groups in total. The first-order chi connectivity index (χ1) is 7.63. The lowest BCUT2D eigenvalue weighted by Crippen LogP contribution is -2.27. The molecule has 1 aromatic carbocycles. The van der Waals surface area contributed by atoms with Gasteiger partial charge in [-0.1, -0.05) is 0 Å². The lowest BCUT2D eigenvalue weighted by Gasteiger charge is -2.02. The summed E-state index contributed by atoms with van der Waals surface area (Å²) in [7, 11) is 0. The van der Waals surface area contributed by atoms with Crippen LogP contribution in [0, 0.1) is 15.3 Å². The van der Waals surface area contributed by atoms with E-state index in [-0.39, 0.29) is 21.8 Å².